The molecule has 1 aliphatic carbocycles. The molecule has 1 N–H and O–H groups in total. The van der Waals surface area contributed by atoms with Gasteiger partial charge in [0.15, 0.2) is 0 Å². The van der Waals surface area contributed by atoms with Gasteiger partial charge in [-0.25, -0.2) is 0 Å². The Morgan fingerprint density at radius 2 is 1.81 bits per heavy atom. The Balaban J connectivity index is 1.81. The maximum Gasteiger partial charge on any atom is 0.108 e. The van der Waals surface area contributed by atoms with Crippen LogP contribution in [0.2, 0.25) is 0 Å². The van der Waals surface area contributed by atoms with Crippen LogP contribution in [0.4, 0.5) is 5.69 Å². The Bertz CT molecular complexity index is 328. The third kappa shape index (κ3) is 3.14. The summed E-state index contributed by atoms with van der Waals surface area (Å²) in [5, 5.41) is 6.46. The molecule has 3 nitrogen and oxygen atoms in total. The molecule has 1 aromatic carbocycles. The zero-order valence-corrected chi connectivity index (χ0v) is 9.48. The van der Waals surface area contributed by atoms with Crippen LogP contribution < -0.4 is 5.32 Å². The molecule has 0 radical (unpaired) electrons. The summed E-state index contributed by atoms with van der Waals surface area (Å²) in [5.41, 5.74) is 1.72. The van der Waals surface area contributed by atoms with E-state index in [4.69, 9.17) is 0 Å². The first-order valence-electron chi connectivity index (χ1n) is 6.04. The molecule has 3 heteroatoms. The predicted octanol–water partition coefficient (Wildman–Crippen LogP) is 3.51. The number of hydrogen-bond acceptors (Lipinski definition) is 3. The minimum Gasteiger partial charge on any atom is -0.310 e. The maximum absolute atomic E-state index is 10.3. The lowest BCUT2D eigenvalue weighted by Crippen LogP contribution is -2.30. The van der Waals surface area contributed by atoms with Gasteiger partial charge in [-0.15, -0.1) is 4.91 Å². The number of rotatable bonds is 4. The molecule has 1 saturated carbocycles. The molecule has 1 aromatic rings. The van der Waals surface area contributed by atoms with Crippen LogP contribution in [0.5, 0.6) is 0 Å². The van der Waals surface area contributed by atoms with Crippen molar-refractivity contribution in [2.45, 2.75) is 44.7 Å². The summed E-state index contributed by atoms with van der Waals surface area (Å²) in [4.78, 5) is 10.3. The van der Waals surface area contributed by atoms with E-state index >= 15 is 0 Å². The van der Waals surface area contributed by atoms with E-state index in [1.54, 1.807) is 12.1 Å². The minimum atomic E-state index is 0.501. The van der Waals surface area contributed by atoms with Crippen molar-refractivity contribution < 1.29 is 0 Å². The molecule has 0 saturated heterocycles. The first-order chi connectivity index (χ1) is 7.88. The second kappa shape index (κ2) is 5.75. The number of benzene rings is 1. The summed E-state index contributed by atoms with van der Waals surface area (Å²) >= 11 is 0. The van der Waals surface area contributed by atoms with Crippen molar-refractivity contribution in [3.8, 4) is 0 Å². The first kappa shape index (κ1) is 11.3. The molecular formula is C13H18N2O. The van der Waals surface area contributed by atoms with Crippen molar-refractivity contribution in [3.63, 3.8) is 0 Å². The van der Waals surface area contributed by atoms with E-state index in [0.29, 0.717) is 11.7 Å². The lowest BCUT2D eigenvalue weighted by atomic mass is 9.95. The molecule has 0 atom stereocenters. The van der Waals surface area contributed by atoms with Crippen LogP contribution in [0.3, 0.4) is 0 Å². The van der Waals surface area contributed by atoms with Gasteiger partial charge in [-0.3, -0.25) is 0 Å². The van der Waals surface area contributed by atoms with Gasteiger partial charge in [0.2, 0.25) is 0 Å². The highest BCUT2D eigenvalue weighted by Crippen LogP contribution is 2.18. The molecule has 0 amide bonds. The monoisotopic (exact) mass is 218 g/mol. The van der Waals surface area contributed by atoms with Gasteiger partial charge in [0.25, 0.3) is 0 Å². The Morgan fingerprint density at radius 3 is 2.44 bits per heavy atom. The van der Waals surface area contributed by atoms with Gasteiger partial charge in [0.05, 0.1) is 0 Å². The Morgan fingerprint density at radius 1 is 1.12 bits per heavy atom. The summed E-state index contributed by atoms with van der Waals surface area (Å²) in [6.07, 6.45) is 6.69. The second-order valence-corrected chi connectivity index (χ2v) is 4.47. The van der Waals surface area contributed by atoms with Crippen LogP contribution in [0.25, 0.3) is 0 Å². The molecule has 16 heavy (non-hydrogen) atoms. The van der Waals surface area contributed by atoms with Gasteiger partial charge in [0, 0.05) is 12.6 Å². The summed E-state index contributed by atoms with van der Waals surface area (Å²) in [5.74, 6) is 0. The summed E-state index contributed by atoms with van der Waals surface area (Å²) in [6, 6.07) is 8.15. The van der Waals surface area contributed by atoms with Crippen molar-refractivity contribution in [1.29, 1.82) is 0 Å². The van der Waals surface area contributed by atoms with E-state index in [9.17, 15) is 4.91 Å². The second-order valence-electron chi connectivity index (χ2n) is 4.47. The average Bonchev–Trinajstić information content (AvgIpc) is 2.38. The lowest BCUT2D eigenvalue weighted by molar-refractivity contribution is 0.372. The molecule has 0 heterocycles. The number of nitrogens with one attached hydrogen (secondary N) is 1. The van der Waals surface area contributed by atoms with Gasteiger partial charge < -0.3 is 5.32 Å². The Kier molecular flexibility index (Phi) is 4.05. The van der Waals surface area contributed by atoms with Crippen molar-refractivity contribution in [1.82, 2.24) is 5.32 Å². The van der Waals surface area contributed by atoms with E-state index in [0.717, 1.165) is 6.54 Å². The van der Waals surface area contributed by atoms with Crippen LogP contribution in [0.1, 0.15) is 37.7 Å². The fourth-order valence-corrected chi connectivity index (χ4v) is 2.24. The predicted molar refractivity (Wildman–Crippen MR) is 65.6 cm³/mol. The van der Waals surface area contributed by atoms with E-state index in [1.165, 1.54) is 37.7 Å². The smallest absolute Gasteiger partial charge is 0.108 e. The van der Waals surface area contributed by atoms with Crippen LogP contribution in [0, 0.1) is 4.91 Å². The van der Waals surface area contributed by atoms with Crippen molar-refractivity contribution in [3.05, 3.63) is 34.7 Å². The van der Waals surface area contributed by atoms with Crippen LogP contribution in [-0.2, 0) is 6.54 Å². The third-order valence-corrected chi connectivity index (χ3v) is 3.24. The molecule has 0 unspecified atom stereocenters. The molecule has 1 aliphatic rings. The van der Waals surface area contributed by atoms with Gasteiger partial charge in [-0.05, 0) is 35.7 Å². The normalized spacial score (nSPS) is 17.2. The Labute approximate surface area is 96.2 Å². The molecule has 0 spiro atoms. The van der Waals surface area contributed by atoms with Crippen molar-refractivity contribution in [2.75, 3.05) is 0 Å². The number of nitroso groups, excluding NO2 is 1. The van der Waals surface area contributed by atoms with Gasteiger partial charge in [-0.1, -0.05) is 31.4 Å². The van der Waals surface area contributed by atoms with E-state index in [2.05, 4.69) is 10.5 Å². The molecule has 2 rings (SSSR count). The van der Waals surface area contributed by atoms with Gasteiger partial charge in [0.1, 0.15) is 5.69 Å². The molecule has 1 fully saturated rings. The highest BCUT2D eigenvalue weighted by Gasteiger charge is 2.11. The van der Waals surface area contributed by atoms with E-state index < -0.39 is 0 Å². The Hall–Kier alpha value is -1.22. The zero-order chi connectivity index (χ0) is 11.2. The molecule has 0 aromatic heterocycles. The van der Waals surface area contributed by atoms with Crippen LogP contribution in [-0.4, -0.2) is 6.04 Å². The van der Waals surface area contributed by atoms with E-state index in [-0.39, 0.29) is 0 Å². The third-order valence-electron chi connectivity index (χ3n) is 3.24. The fraction of sp³-hybridized carbons (Fsp3) is 0.538. The summed E-state index contributed by atoms with van der Waals surface area (Å²) in [7, 11) is 0. The van der Waals surface area contributed by atoms with Gasteiger partial charge in [-0.2, -0.15) is 0 Å². The topological polar surface area (TPSA) is 41.5 Å². The van der Waals surface area contributed by atoms with Crippen LogP contribution >= 0.6 is 0 Å². The quantitative estimate of drug-likeness (QED) is 0.786. The first-order valence-corrected chi connectivity index (χ1v) is 6.04. The molecule has 86 valence electrons. The fourth-order valence-electron chi connectivity index (χ4n) is 2.24. The minimum absolute atomic E-state index is 0.501. The molecule has 0 aliphatic heterocycles. The highest BCUT2D eigenvalue weighted by molar-refractivity contribution is 5.38. The average molecular weight is 218 g/mol. The lowest BCUT2D eigenvalue weighted by Gasteiger charge is -2.22. The molecule has 0 bridgehead atoms. The SMILES string of the molecule is O=Nc1ccc(CNC2CCCCC2)cc1. The summed E-state index contributed by atoms with van der Waals surface area (Å²) in [6.45, 7) is 0.893. The summed E-state index contributed by atoms with van der Waals surface area (Å²) < 4.78 is 0. The van der Waals surface area contributed by atoms with E-state index in [1.807, 2.05) is 12.1 Å². The van der Waals surface area contributed by atoms with Crippen molar-refractivity contribution in [2.24, 2.45) is 5.18 Å². The zero-order valence-electron chi connectivity index (χ0n) is 9.48. The maximum atomic E-state index is 10.3. The van der Waals surface area contributed by atoms with Crippen LogP contribution in [0.15, 0.2) is 29.4 Å². The number of hydrogen-bond donors (Lipinski definition) is 1. The molecular weight excluding hydrogens is 200 g/mol. The standard InChI is InChI=1S/C13H18N2O/c16-15-13-8-6-11(7-9-13)10-14-12-4-2-1-3-5-12/h6-9,12,14H,1-5,10H2. The number of nitrogens with zero attached hydrogens (tertiary/aromatic N) is 1. The largest absolute Gasteiger partial charge is 0.310 e. The van der Waals surface area contributed by atoms with Gasteiger partial charge >= 0.3 is 0 Å². The van der Waals surface area contributed by atoms with Crippen molar-refractivity contribution >= 4 is 5.69 Å². The highest BCUT2D eigenvalue weighted by atomic mass is 16.3.